The van der Waals surface area contributed by atoms with Crippen LogP contribution in [0, 0.1) is 3.57 Å². The van der Waals surface area contributed by atoms with Gasteiger partial charge in [0, 0.05) is 15.2 Å². The van der Waals surface area contributed by atoms with Gasteiger partial charge in [0.2, 0.25) is 0 Å². The second-order valence-electron chi connectivity index (χ2n) is 4.09. The van der Waals surface area contributed by atoms with Gasteiger partial charge < -0.3 is 9.73 Å². The molecule has 2 nitrogen and oxygen atoms in total. The summed E-state index contributed by atoms with van der Waals surface area (Å²) >= 11 is 8.36. The second kappa shape index (κ2) is 6.59. The van der Waals surface area contributed by atoms with E-state index in [1.165, 1.54) is 9.13 Å². The summed E-state index contributed by atoms with van der Waals surface area (Å²) in [7, 11) is 0. The molecule has 2 rings (SSSR count). The predicted molar refractivity (Wildman–Crippen MR) is 83.0 cm³/mol. The summed E-state index contributed by atoms with van der Waals surface area (Å²) in [6.45, 7) is 2.99. The summed E-state index contributed by atoms with van der Waals surface area (Å²) in [5.41, 5.74) is 2.32. The molecule has 0 saturated heterocycles. The summed E-state index contributed by atoms with van der Waals surface area (Å²) in [4.78, 5) is 0. The summed E-state index contributed by atoms with van der Waals surface area (Å²) in [5, 5.41) is 3.92. The molecule has 4 heteroatoms. The van der Waals surface area contributed by atoms with E-state index in [9.17, 15) is 0 Å². The maximum Gasteiger partial charge on any atom is 0.197 e. The molecule has 0 aliphatic heterocycles. The van der Waals surface area contributed by atoms with Gasteiger partial charge in [0.05, 0.1) is 6.26 Å². The topological polar surface area (TPSA) is 25.2 Å². The van der Waals surface area contributed by atoms with Crippen molar-refractivity contribution in [2.75, 3.05) is 6.54 Å². The molecular weight excluding hydrogens is 361 g/mol. The van der Waals surface area contributed by atoms with Crippen molar-refractivity contribution in [1.82, 2.24) is 5.32 Å². The van der Waals surface area contributed by atoms with Crippen LogP contribution >= 0.6 is 34.2 Å². The highest BCUT2D eigenvalue weighted by Crippen LogP contribution is 2.26. The van der Waals surface area contributed by atoms with E-state index in [2.05, 4.69) is 59.1 Å². The number of furan rings is 1. The zero-order valence-electron chi connectivity index (χ0n) is 10.1. The third-order valence-corrected chi connectivity index (χ3v) is 3.85. The Hall–Kier alpha value is -0.520. The molecule has 1 unspecified atom stereocenters. The van der Waals surface area contributed by atoms with Crippen LogP contribution in [0.1, 0.15) is 24.1 Å². The van der Waals surface area contributed by atoms with E-state index in [1.807, 2.05) is 6.07 Å². The number of halogens is 2. The first kappa shape index (κ1) is 13.9. The highest BCUT2D eigenvalue weighted by Gasteiger charge is 2.16. The molecule has 0 aliphatic rings. The Morgan fingerprint density at radius 2 is 2.00 bits per heavy atom. The minimum Gasteiger partial charge on any atom is -0.453 e. The van der Waals surface area contributed by atoms with Crippen molar-refractivity contribution in [3.8, 4) is 0 Å². The van der Waals surface area contributed by atoms with Crippen LogP contribution in [0.25, 0.3) is 0 Å². The highest BCUT2D eigenvalue weighted by molar-refractivity contribution is 14.1. The van der Waals surface area contributed by atoms with Gasteiger partial charge in [0.15, 0.2) is 5.22 Å². The van der Waals surface area contributed by atoms with E-state index in [1.54, 1.807) is 6.26 Å². The molecule has 1 aromatic heterocycles. The van der Waals surface area contributed by atoms with E-state index in [0.29, 0.717) is 5.22 Å². The van der Waals surface area contributed by atoms with Crippen LogP contribution in [0.5, 0.6) is 0 Å². The number of hydrogen-bond donors (Lipinski definition) is 1. The van der Waals surface area contributed by atoms with Gasteiger partial charge in [-0.15, -0.1) is 0 Å². The average molecular weight is 376 g/mol. The fourth-order valence-corrected chi connectivity index (χ4v) is 2.55. The minimum atomic E-state index is 0.196. The molecule has 18 heavy (non-hydrogen) atoms. The van der Waals surface area contributed by atoms with Crippen molar-refractivity contribution in [3.63, 3.8) is 0 Å². The maximum absolute atomic E-state index is 6.05. The summed E-state index contributed by atoms with van der Waals surface area (Å²) < 4.78 is 6.42. The smallest absolute Gasteiger partial charge is 0.197 e. The lowest BCUT2D eigenvalue weighted by Crippen LogP contribution is -2.22. The molecule has 1 heterocycles. The summed E-state index contributed by atoms with van der Waals surface area (Å²) in [6, 6.07) is 10.7. The monoisotopic (exact) mass is 375 g/mol. The van der Waals surface area contributed by atoms with Crippen LogP contribution in [0.3, 0.4) is 0 Å². The highest BCUT2D eigenvalue weighted by atomic mass is 127. The fourth-order valence-electron chi connectivity index (χ4n) is 1.95. The molecule has 0 amide bonds. The van der Waals surface area contributed by atoms with Crippen molar-refractivity contribution < 1.29 is 4.42 Å². The zero-order chi connectivity index (χ0) is 13.0. The Kier molecular flexibility index (Phi) is 5.09. The first-order valence-electron chi connectivity index (χ1n) is 5.91. The Balaban J connectivity index is 2.16. The second-order valence-corrected chi connectivity index (χ2v) is 5.68. The van der Waals surface area contributed by atoms with Crippen LogP contribution in [-0.2, 0) is 6.42 Å². The van der Waals surface area contributed by atoms with Crippen LogP contribution in [0.4, 0.5) is 0 Å². The molecule has 0 spiro atoms. The minimum absolute atomic E-state index is 0.196. The molecule has 96 valence electrons. The first-order chi connectivity index (χ1) is 8.70. The molecule has 1 N–H and O–H groups in total. The van der Waals surface area contributed by atoms with Crippen LogP contribution in [0.2, 0.25) is 5.22 Å². The number of rotatable bonds is 5. The Labute approximate surface area is 126 Å². The summed E-state index contributed by atoms with van der Waals surface area (Å²) in [6.07, 6.45) is 2.54. The van der Waals surface area contributed by atoms with Gasteiger partial charge in [-0.3, -0.25) is 0 Å². The average Bonchev–Trinajstić information content (AvgIpc) is 2.78. The van der Waals surface area contributed by atoms with Gasteiger partial charge in [-0.2, -0.15) is 0 Å². The van der Waals surface area contributed by atoms with E-state index < -0.39 is 0 Å². The van der Waals surface area contributed by atoms with Gasteiger partial charge in [0.1, 0.15) is 0 Å². The molecule has 0 fully saturated rings. The van der Waals surface area contributed by atoms with Crippen molar-refractivity contribution in [3.05, 3.63) is 56.5 Å². The largest absolute Gasteiger partial charge is 0.453 e. The van der Waals surface area contributed by atoms with Gasteiger partial charge in [-0.1, -0.05) is 19.1 Å². The van der Waals surface area contributed by atoms with E-state index in [-0.39, 0.29) is 6.04 Å². The van der Waals surface area contributed by atoms with Gasteiger partial charge in [0.25, 0.3) is 0 Å². The molecular formula is C14H15ClINO. The number of benzene rings is 1. The Bertz CT molecular complexity index is 495. The number of nitrogens with one attached hydrogen (secondary N) is 1. The van der Waals surface area contributed by atoms with Gasteiger partial charge in [-0.25, -0.2) is 0 Å². The lowest BCUT2D eigenvalue weighted by molar-refractivity contribution is 0.526. The van der Waals surface area contributed by atoms with Gasteiger partial charge >= 0.3 is 0 Å². The standard InChI is InChI=1S/C14H15ClINO/c1-2-17-13(12-7-8-18-14(12)15)9-10-3-5-11(16)6-4-10/h3-8,13,17H,2,9H2,1H3. The van der Waals surface area contributed by atoms with E-state index in [0.717, 1.165) is 18.5 Å². The predicted octanol–water partition coefficient (Wildman–Crippen LogP) is 4.43. The molecule has 0 saturated carbocycles. The maximum atomic E-state index is 6.05. The van der Waals surface area contributed by atoms with E-state index >= 15 is 0 Å². The van der Waals surface area contributed by atoms with Crippen LogP contribution in [0.15, 0.2) is 41.0 Å². The molecule has 2 aromatic rings. The van der Waals surface area contributed by atoms with Gasteiger partial charge in [-0.05, 0) is 70.9 Å². The number of likely N-dealkylation sites (N-methyl/N-ethyl adjacent to an activating group) is 1. The third-order valence-electron chi connectivity index (χ3n) is 2.83. The SMILES string of the molecule is CCNC(Cc1ccc(I)cc1)c1ccoc1Cl. The van der Waals surface area contributed by atoms with Crippen molar-refractivity contribution in [2.24, 2.45) is 0 Å². The Morgan fingerprint density at radius 3 is 2.56 bits per heavy atom. The molecule has 0 radical (unpaired) electrons. The quantitative estimate of drug-likeness (QED) is 0.782. The third kappa shape index (κ3) is 3.49. The normalized spacial score (nSPS) is 12.6. The lowest BCUT2D eigenvalue weighted by atomic mass is 10.0. The van der Waals surface area contributed by atoms with Crippen molar-refractivity contribution in [1.29, 1.82) is 0 Å². The molecule has 0 aliphatic carbocycles. The number of hydrogen-bond acceptors (Lipinski definition) is 2. The molecule has 1 atom stereocenters. The van der Waals surface area contributed by atoms with Crippen molar-refractivity contribution >= 4 is 34.2 Å². The summed E-state index contributed by atoms with van der Waals surface area (Å²) in [5.74, 6) is 0. The molecule has 1 aromatic carbocycles. The molecule has 0 bridgehead atoms. The van der Waals surface area contributed by atoms with E-state index in [4.69, 9.17) is 16.0 Å². The van der Waals surface area contributed by atoms with Crippen LogP contribution in [-0.4, -0.2) is 6.54 Å². The van der Waals surface area contributed by atoms with Crippen molar-refractivity contribution in [2.45, 2.75) is 19.4 Å². The van der Waals surface area contributed by atoms with Crippen LogP contribution < -0.4 is 5.32 Å². The zero-order valence-corrected chi connectivity index (χ0v) is 13.0. The Morgan fingerprint density at radius 1 is 1.28 bits per heavy atom. The first-order valence-corrected chi connectivity index (χ1v) is 7.37. The lowest BCUT2D eigenvalue weighted by Gasteiger charge is -2.17. The fraction of sp³-hybridized carbons (Fsp3) is 0.286.